The monoisotopic (exact) mass is 719 g/mol. The van der Waals surface area contributed by atoms with E-state index in [9.17, 15) is 42.6 Å². The van der Waals surface area contributed by atoms with Gasteiger partial charge in [0.1, 0.15) is 30.2 Å². The minimum absolute atomic E-state index is 0.0342. The molecule has 0 spiro atoms. The molecule has 276 valence electrons. The number of aromatic nitrogens is 2. The van der Waals surface area contributed by atoms with Gasteiger partial charge in [0, 0.05) is 24.9 Å². The molecule has 0 radical (unpaired) electrons. The van der Waals surface area contributed by atoms with E-state index in [0.717, 1.165) is 10.5 Å². The smallest absolute Gasteiger partial charge is 0.326 e. The second-order valence-corrected chi connectivity index (χ2v) is 15.2. The van der Waals surface area contributed by atoms with Gasteiger partial charge in [0.15, 0.2) is 0 Å². The van der Waals surface area contributed by atoms with Crippen molar-refractivity contribution in [2.75, 3.05) is 6.54 Å². The number of carboxylic acids is 1. The first-order valence-electron chi connectivity index (χ1n) is 16.6. The quantitative estimate of drug-likeness (QED) is 0.117. The number of rotatable bonds is 17. The van der Waals surface area contributed by atoms with Crippen molar-refractivity contribution in [3.05, 3.63) is 48.0 Å². The van der Waals surface area contributed by atoms with Gasteiger partial charge < -0.3 is 36.0 Å². The van der Waals surface area contributed by atoms with Gasteiger partial charge in [-0.25, -0.2) is 18.2 Å². The van der Waals surface area contributed by atoms with E-state index in [4.69, 9.17) is 0 Å². The highest BCUT2D eigenvalue weighted by Gasteiger charge is 2.40. The van der Waals surface area contributed by atoms with Crippen LogP contribution < -0.4 is 20.7 Å². The molecule has 0 saturated carbocycles. The van der Waals surface area contributed by atoms with Crippen molar-refractivity contribution in [2.45, 2.75) is 108 Å². The Labute approximate surface area is 292 Å². The summed E-state index contributed by atoms with van der Waals surface area (Å²) < 4.78 is 28.8. The zero-order valence-electron chi connectivity index (χ0n) is 29.2. The number of likely N-dealkylation sites (tertiary alicyclic amines) is 1. The summed E-state index contributed by atoms with van der Waals surface area (Å²) in [6.07, 6.45) is 2.15. The van der Waals surface area contributed by atoms with Gasteiger partial charge in [0.05, 0.1) is 17.3 Å². The molecular formula is C33H49N7O9S. The molecule has 0 aliphatic carbocycles. The molecule has 17 heteroatoms. The first-order chi connectivity index (χ1) is 23.4. The van der Waals surface area contributed by atoms with Gasteiger partial charge in [-0.1, -0.05) is 45.4 Å². The third-order valence-electron chi connectivity index (χ3n) is 8.38. The van der Waals surface area contributed by atoms with Gasteiger partial charge in [-0.05, 0) is 57.1 Å². The van der Waals surface area contributed by atoms with Crippen molar-refractivity contribution in [3.63, 3.8) is 0 Å². The molecule has 7 N–H and O–H groups in total. The summed E-state index contributed by atoms with van der Waals surface area (Å²) in [4.78, 5) is 74.1. The predicted octanol–water partition coefficient (Wildman–Crippen LogP) is 0.221. The fraction of sp³-hybridized carbons (Fsp3) is 0.576. The lowest BCUT2D eigenvalue weighted by Gasteiger charge is -2.31. The molecule has 2 heterocycles. The number of benzene rings is 1. The second kappa shape index (κ2) is 17.5. The van der Waals surface area contributed by atoms with Crippen LogP contribution in [0.25, 0.3) is 0 Å². The zero-order chi connectivity index (χ0) is 37.3. The van der Waals surface area contributed by atoms with E-state index in [1.807, 2.05) is 20.8 Å². The number of imidazole rings is 1. The third kappa shape index (κ3) is 10.8. The molecule has 3 rings (SSSR count). The Hall–Kier alpha value is -4.35. The molecule has 4 amide bonds. The fourth-order valence-corrected chi connectivity index (χ4v) is 6.96. The Balaban J connectivity index is 1.83. The maximum atomic E-state index is 13.8. The summed E-state index contributed by atoms with van der Waals surface area (Å²) in [6.45, 7) is 10.2. The molecule has 6 atom stereocenters. The number of carboxylic acid groups (broad SMARTS) is 1. The summed E-state index contributed by atoms with van der Waals surface area (Å²) in [7, 11) is -4.12. The number of aliphatic carboxylic acids is 1. The standard InChI is InChI=1S/C33H49N7O9S/c1-18(2)14-24(30(43)38-28(21(6)41)32(45)40-13-7-8-26(40)33(46)47)36-29(42)25(15-22-16-34-17-35-22)37-31(44)27(19(3)4)39-50(48,49)23-11-9-20(5)10-12-23/h9-12,16-19,21,24-28,39,41H,7-8,13-15H2,1-6H3,(H,34,35)(H,36,42)(H,37,44)(H,38,43)(H,46,47)/t21-,24+,25+,26+,27+,28+/m1/s1. The highest BCUT2D eigenvalue weighted by Crippen LogP contribution is 2.20. The number of carbonyl (C=O) groups is 5. The lowest BCUT2D eigenvalue weighted by Crippen LogP contribution is -2.61. The molecule has 16 nitrogen and oxygen atoms in total. The second-order valence-electron chi connectivity index (χ2n) is 13.4. The number of hydrogen-bond acceptors (Lipinski definition) is 9. The van der Waals surface area contributed by atoms with Gasteiger partial charge in [-0.2, -0.15) is 4.72 Å². The van der Waals surface area contributed by atoms with Crippen LogP contribution in [0.5, 0.6) is 0 Å². The molecule has 50 heavy (non-hydrogen) atoms. The SMILES string of the molecule is Cc1ccc(S(=O)(=O)N[C@H](C(=O)N[C@@H](Cc2cnc[nH]2)C(=O)N[C@@H](CC(C)C)C(=O)N[C@H](C(=O)N2CCC[C@H]2C(=O)O)[C@@H](C)O)C(C)C)cc1. The largest absolute Gasteiger partial charge is 0.480 e. The Morgan fingerprint density at radius 1 is 0.940 bits per heavy atom. The van der Waals surface area contributed by atoms with Crippen molar-refractivity contribution in [1.82, 2.24) is 35.5 Å². The van der Waals surface area contributed by atoms with E-state index < -0.39 is 81.9 Å². The van der Waals surface area contributed by atoms with Gasteiger partial charge in [-0.3, -0.25) is 19.2 Å². The molecular weight excluding hydrogens is 670 g/mol. The first-order valence-corrected chi connectivity index (χ1v) is 18.1. The van der Waals surface area contributed by atoms with Crippen LogP contribution in [0.3, 0.4) is 0 Å². The van der Waals surface area contributed by atoms with Crippen molar-refractivity contribution >= 4 is 39.6 Å². The lowest BCUT2D eigenvalue weighted by molar-refractivity contribution is -0.150. The summed E-state index contributed by atoms with van der Waals surface area (Å²) in [6, 6.07) is -0.265. The number of aliphatic hydroxyl groups is 1. The maximum Gasteiger partial charge on any atom is 0.326 e. The average Bonchev–Trinajstić information content (AvgIpc) is 3.74. The number of aromatic amines is 1. The summed E-state index contributed by atoms with van der Waals surface area (Å²) >= 11 is 0. The van der Waals surface area contributed by atoms with Crippen LogP contribution in [0.2, 0.25) is 0 Å². The number of hydrogen-bond donors (Lipinski definition) is 7. The van der Waals surface area contributed by atoms with Crippen LogP contribution in [0.4, 0.5) is 0 Å². The number of nitrogens with zero attached hydrogens (tertiary/aromatic N) is 2. The molecule has 1 aliphatic rings. The predicted molar refractivity (Wildman–Crippen MR) is 182 cm³/mol. The van der Waals surface area contributed by atoms with Crippen molar-refractivity contribution < 1.29 is 42.6 Å². The van der Waals surface area contributed by atoms with Crippen molar-refractivity contribution in [1.29, 1.82) is 0 Å². The molecule has 1 saturated heterocycles. The summed E-state index contributed by atoms with van der Waals surface area (Å²) in [5, 5.41) is 27.8. The summed E-state index contributed by atoms with van der Waals surface area (Å²) in [5.74, 6) is -4.97. The number of aryl methyl sites for hydroxylation is 1. The first kappa shape index (κ1) is 40.1. The van der Waals surface area contributed by atoms with Crippen LogP contribution in [-0.4, -0.2) is 106 Å². The van der Waals surface area contributed by atoms with Crippen LogP contribution in [0, 0.1) is 18.8 Å². The van der Waals surface area contributed by atoms with Gasteiger partial charge >= 0.3 is 5.97 Å². The Bertz CT molecular complexity index is 1600. The molecule has 0 bridgehead atoms. The van der Waals surface area contributed by atoms with E-state index in [0.29, 0.717) is 12.1 Å². The topological polar surface area (TPSA) is 240 Å². The molecule has 1 aliphatic heterocycles. The van der Waals surface area contributed by atoms with E-state index in [1.165, 1.54) is 31.6 Å². The van der Waals surface area contributed by atoms with Crippen LogP contribution >= 0.6 is 0 Å². The minimum atomic E-state index is -4.12. The molecule has 1 aromatic heterocycles. The number of amides is 4. The number of aliphatic hydroxyl groups excluding tert-OH is 1. The van der Waals surface area contributed by atoms with E-state index >= 15 is 0 Å². The number of carbonyl (C=O) groups excluding carboxylic acids is 4. The van der Waals surface area contributed by atoms with Crippen LogP contribution in [-0.2, 0) is 40.4 Å². The highest BCUT2D eigenvalue weighted by molar-refractivity contribution is 7.89. The highest BCUT2D eigenvalue weighted by atomic mass is 32.2. The Morgan fingerprint density at radius 3 is 2.10 bits per heavy atom. The average molecular weight is 720 g/mol. The molecule has 1 aromatic carbocycles. The summed E-state index contributed by atoms with van der Waals surface area (Å²) in [5.41, 5.74) is 1.32. The lowest BCUT2D eigenvalue weighted by atomic mass is 10.0. The van der Waals surface area contributed by atoms with Gasteiger partial charge in [-0.15, -0.1) is 0 Å². The van der Waals surface area contributed by atoms with Gasteiger partial charge in [0.25, 0.3) is 0 Å². The molecule has 0 unspecified atom stereocenters. The van der Waals surface area contributed by atoms with Gasteiger partial charge in [0.2, 0.25) is 33.7 Å². The Kier molecular flexibility index (Phi) is 14.1. The number of H-pyrrole nitrogens is 1. The molecule has 2 aromatic rings. The third-order valence-corrected chi connectivity index (χ3v) is 9.84. The van der Waals surface area contributed by atoms with Crippen molar-refractivity contribution in [2.24, 2.45) is 11.8 Å². The Morgan fingerprint density at radius 2 is 1.56 bits per heavy atom. The van der Waals surface area contributed by atoms with E-state index in [-0.39, 0.29) is 36.6 Å². The van der Waals surface area contributed by atoms with Crippen molar-refractivity contribution in [3.8, 4) is 0 Å². The van der Waals surface area contributed by atoms with E-state index in [1.54, 1.807) is 26.0 Å². The van der Waals surface area contributed by atoms with Crippen LogP contribution in [0.1, 0.15) is 65.1 Å². The normalized spacial score (nSPS) is 17.9. The molecule has 1 fully saturated rings. The minimum Gasteiger partial charge on any atom is -0.480 e. The number of sulfonamides is 1. The number of nitrogens with one attached hydrogen (secondary N) is 5. The maximum absolute atomic E-state index is 13.8. The van der Waals surface area contributed by atoms with E-state index in [2.05, 4.69) is 30.6 Å². The zero-order valence-corrected chi connectivity index (χ0v) is 30.0. The van der Waals surface area contributed by atoms with Crippen LogP contribution in [0.15, 0.2) is 41.7 Å². The fourth-order valence-electron chi connectivity index (χ4n) is 5.62.